The Hall–Kier alpha value is -1.10. The molecule has 4 nitrogen and oxygen atoms in total. The van der Waals surface area contributed by atoms with E-state index in [9.17, 15) is 4.79 Å². The highest BCUT2D eigenvalue weighted by Crippen LogP contribution is 2.05. The molecule has 3 N–H and O–H groups in total. The number of aliphatic hydroxyl groups excluding tert-OH is 1. The minimum absolute atomic E-state index is 0.329. The lowest BCUT2D eigenvalue weighted by Crippen LogP contribution is -2.29. The molecular weight excluding hydrogens is 242 g/mol. The molecule has 0 bridgehead atoms. The number of rotatable bonds is 2. The molecular formula is C12H16ClNO3. The summed E-state index contributed by atoms with van der Waals surface area (Å²) in [5.74, 6) is -0.271. The molecule has 0 aliphatic carbocycles. The van der Waals surface area contributed by atoms with Crippen LogP contribution in [0.25, 0.3) is 0 Å². The molecule has 94 valence electrons. The summed E-state index contributed by atoms with van der Waals surface area (Å²) in [6, 6.07) is 9.42. The Labute approximate surface area is 105 Å². The highest BCUT2D eigenvalue weighted by molar-refractivity contribution is 6.17. The highest BCUT2D eigenvalue weighted by atomic mass is 35.5. The largest absolute Gasteiger partial charge is 0.480 e. The number of carbonyl (C=O) groups is 1. The summed E-state index contributed by atoms with van der Waals surface area (Å²) >= 11 is 5.53. The third-order valence-electron chi connectivity index (χ3n) is 2.40. The minimum atomic E-state index is -0.883. The first kappa shape index (κ1) is 14.0. The van der Waals surface area contributed by atoms with Gasteiger partial charge in [0.05, 0.1) is 6.10 Å². The van der Waals surface area contributed by atoms with Gasteiger partial charge in [0.25, 0.3) is 0 Å². The molecule has 2 atom stereocenters. The van der Waals surface area contributed by atoms with Gasteiger partial charge in [-0.2, -0.15) is 0 Å². The molecule has 1 heterocycles. The average Bonchev–Trinajstić information content (AvgIpc) is 2.78. The highest BCUT2D eigenvalue weighted by Gasteiger charge is 2.27. The summed E-state index contributed by atoms with van der Waals surface area (Å²) in [6.07, 6.45) is -0.152. The molecule has 2 rings (SSSR count). The van der Waals surface area contributed by atoms with E-state index < -0.39 is 18.1 Å². The SMILES string of the molecule is ClCc1ccccc1.O=C(O)[C@@H]1C[C@@H](O)CN1. The van der Waals surface area contributed by atoms with E-state index in [4.69, 9.17) is 21.8 Å². The zero-order valence-electron chi connectivity index (χ0n) is 9.34. The van der Waals surface area contributed by atoms with E-state index in [0.717, 1.165) is 0 Å². The molecule has 1 aliphatic rings. The molecule has 0 aromatic heterocycles. The Morgan fingerprint density at radius 1 is 1.41 bits per heavy atom. The van der Waals surface area contributed by atoms with E-state index in [0.29, 0.717) is 18.8 Å². The van der Waals surface area contributed by atoms with Crippen molar-refractivity contribution in [3.63, 3.8) is 0 Å². The number of carboxylic acids is 1. The number of alkyl halides is 1. The van der Waals surface area contributed by atoms with Crippen molar-refractivity contribution in [3.8, 4) is 0 Å². The number of hydrogen-bond donors (Lipinski definition) is 3. The van der Waals surface area contributed by atoms with E-state index in [2.05, 4.69) is 5.32 Å². The molecule has 0 saturated carbocycles. The summed E-state index contributed by atoms with van der Waals surface area (Å²) in [6.45, 7) is 0.400. The molecule has 1 aromatic carbocycles. The van der Waals surface area contributed by atoms with Crippen LogP contribution in [0.2, 0.25) is 0 Å². The molecule has 1 aromatic rings. The number of aliphatic carboxylic acids is 1. The van der Waals surface area contributed by atoms with Crippen molar-refractivity contribution in [1.29, 1.82) is 0 Å². The molecule has 1 fully saturated rings. The maximum atomic E-state index is 10.2. The summed E-state index contributed by atoms with van der Waals surface area (Å²) in [7, 11) is 0. The fraction of sp³-hybridized carbons (Fsp3) is 0.417. The van der Waals surface area contributed by atoms with Gasteiger partial charge in [-0.05, 0) is 5.56 Å². The van der Waals surface area contributed by atoms with Crippen LogP contribution in [0, 0.1) is 0 Å². The van der Waals surface area contributed by atoms with Crippen LogP contribution in [0.3, 0.4) is 0 Å². The number of halogens is 1. The van der Waals surface area contributed by atoms with Crippen LogP contribution < -0.4 is 5.32 Å². The van der Waals surface area contributed by atoms with Gasteiger partial charge in [-0.3, -0.25) is 4.79 Å². The third kappa shape index (κ3) is 5.17. The van der Waals surface area contributed by atoms with E-state index >= 15 is 0 Å². The van der Waals surface area contributed by atoms with E-state index in [1.54, 1.807) is 0 Å². The van der Waals surface area contributed by atoms with Crippen LogP contribution in [0.5, 0.6) is 0 Å². The lowest BCUT2D eigenvalue weighted by Gasteiger charge is -1.99. The van der Waals surface area contributed by atoms with Gasteiger partial charge >= 0.3 is 5.97 Å². The van der Waals surface area contributed by atoms with Gasteiger partial charge in [0.1, 0.15) is 6.04 Å². The summed E-state index contributed by atoms with van der Waals surface area (Å²) in [5.41, 5.74) is 1.18. The fourth-order valence-corrected chi connectivity index (χ4v) is 1.65. The van der Waals surface area contributed by atoms with Crippen molar-refractivity contribution in [3.05, 3.63) is 35.9 Å². The first-order chi connectivity index (χ1) is 8.13. The molecule has 0 unspecified atom stereocenters. The van der Waals surface area contributed by atoms with Gasteiger partial charge < -0.3 is 15.5 Å². The smallest absolute Gasteiger partial charge is 0.320 e. The number of benzene rings is 1. The third-order valence-corrected chi connectivity index (χ3v) is 2.71. The Balaban J connectivity index is 0.000000171. The van der Waals surface area contributed by atoms with Gasteiger partial charge in [0.2, 0.25) is 0 Å². The number of nitrogens with one attached hydrogen (secondary N) is 1. The Morgan fingerprint density at radius 3 is 2.35 bits per heavy atom. The lowest BCUT2D eigenvalue weighted by atomic mass is 10.2. The molecule has 17 heavy (non-hydrogen) atoms. The summed E-state index contributed by atoms with van der Waals surface area (Å²) < 4.78 is 0. The average molecular weight is 258 g/mol. The first-order valence-electron chi connectivity index (χ1n) is 5.37. The summed E-state index contributed by atoms with van der Waals surface area (Å²) in [4.78, 5) is 10.2. The molecule has 1 saturated heterocycles. The number of hydrogen-bond acceptors (Lipinski definition) is 3. The minimum Gasteiger partial charge on any atom is -0.480 e. The molecule has 0 amide bonds. The van der Waals surface area contributed by atoms with Crippen LogP contribution in [-0.4, -0.2) is 34.9 Å². The maximum absolute atomic E-state index is 10.2. The number of aliphatic hydroxyl groups is 1. The van der Waals surface area contributed by atoms with Crippen LogP contribution in [0.4, 0.5) is 0 Å². The van der Waals surface area contributed by atoms with Gasteiger partial charge in [0.15, 0.2) is 0 Å². The molecule has 1 aliphatic heterocycles. The second-order valence-electron chi connectivity index (χ2n) is 3.81. The van der Waals surface area contributed by atoms with Gasteiger partial charge in [-0.1, -0.05) is 30.3 Å². The second-order valence-corrected chi connectivity index (χ2v) is 4.08. The molecule has 0 radical (unpaired) electrons. The van der Waals surface area contributed by atoms with E-state index in [-0.39, 0.29) is 0 Å². The van der Waals surface area contributed by atoms with Gasteiger partial charge in [-0.25, -0.2) is 0 Å². The van der Waals surface area contributed by atoms with E-state index in [1.165, 1.54) is 5.56 Å². The summed E-state index contributed by atoms with van der Waals surface area (Å²) in [5, 5.41) is 19.8. The van der Waals surface area contributed by atoms with Crippen LogP contribution in [0.15, 0.2) is 30.3 Å². The topological polar surface area (TPSA) is 69.6 Å². The predicted octanol–water partition coefficient (Wildman–Crippen LogP) is 1.22. The number of carboxylic acid groups (broad SMARTS) is 1. The Kier molecular flexibility index (Phi) is 5.97. The van der Waals surface area contributed by atoms with Gasteiger partial charge in [-0.15, -0.1) is 11.6 Å². The molecule has 0 spiro atoms. The lowest BCUT2D eigenvalue weighted by molar-refractivity contribution is -0.139. The van der Waals surface area contributed by atoms with Crippen molar-refractivity contribution in [2.75, 3.05) is 6.54 Å². The van der Waals surface area contributed by atoms with Crippen molar-refractivity contribution in [1.82, 2.24) is 5.32 Å². The predicted molar refractivity (Wildman–Crippen MR) is 66.0 cm³/mol. The monoisotopic (exact) mass is 257 g/mol. The standard InChI is InChI=1S/C7H7Cl.C5H9NO3/c8-6-7-4-2-1-3-5-7;7-3-1-4(5(8)9)6-2-3/h1-5H,6H2;3-4,6-7H,1-2H2,(H,8,9)/t;3-,4+/m.1/s1. The van der Waals surface area contributed by atoms with Crippen LogP contribution in [-0.2, 0) is 10.7 Å². The zero-order valence-corrected chi connectivity index (χ0v) is 10.1. The van der Waals surface area contributed by atoms with Crippen LogP contribution >= 0.6 is 11.6 Å². The fourth-order valence-electron chi connectivity index (χ4n) is 1.47. The maximum Gasteiger partial charge on any atom is 0.320 e. The van der Waals surface area contributed by atoms with E-state index in [1.807, 2.05) is 30.3 Å². The van der Waals surface area contributed by atoms with Crippen molar-refractivity contribution < 1.29 is 15.0 Å². The van der Waals surface area contributed by atoms with Crippen molar-refractivity contribution >= 4 is 17.6 Å². The number of β-amino-alcohol motifs (C(OH)–C–C–N with tert-alkyl or cyclic N) is 1. The first-order valence-corrected chi connectivity index (χ1v) is 5.91. The van der Waals surface area contributed by atoms with Crippen molar-refractivity contribution in [2.24, 2.45) is 0 Å². The van der Waals surface area contributed by atoms with Crippen LogP contribution in [0.1, 0.15) is 12.0 Å². The van der Waals surface area contributed by atoms with Gasteiger partial charge in [0, 0.05) is 18.8 Å². The normalized spacial score (nSPS) is 22.7. The second kappa shape index (κ2) is 7.27. The quantitative estimate of drug-likeness (QED) is 0.697. The zero-order chi connectivity index (χ0) is 12.7. The molecule has 5 heteroatoms. The Morgan fingerprint density at radius 2 is 2.06 bits per heavy atom. The Bertz CT molecular complexity index is 345. The van der Waals surface area contributed by atoms with Crippen molar-refractivity contribution in [2.45, 2.75) is 24.4 Å².